The molecule has 0 fully saturated rings. The van der Waals surface area contributed by atoms with Crippen LogP contribution in [0.3, 0.4) is 0 Å². The minimum Gasteiger partial charge on any atom is -0.326 e. The first-order valence-corrected chi connectivity index (χ1v) is 8.28. The van der Waals surface area contributed by atoms with Crippen LogP contribution in [0.15, 0.2) is 30.3 Å². The summed E-state index contributed by atoms with van der Waals surface area (Å²) >= 11 is 7.67. The minimum absolute atomic E-state index is 0.100. The van der Waals surface area contributed by atoms with Crippen molar-refractivity contribution in [1.82, 2.24) is 5.32 Å². The molecule has 21 heavy (non-hydrogen) atoms. The van der Waals surface area contributed by atoms with Crippen LogP contribution >= 0.6 is 22.9 Å². The number of carbonyl (C=O) groups is 1. The summed E-state index contributed by atoms with van der Waals surface area (Å²) in [6.07, 6.45) is 1.37. The van der Waals surface area contributed by atoms with Crippen LogP contribution in [0.25, 0.3) is 0 Å². The van der Waals surface area contributed by atoms with Crippen LogP contribution in [0, 0.1) is 0 Å². The molecule has 1 aromatic heterocycles. The number of anilines is 1. The van der Waals surface area contributed by atoms with Crippen LogP contribution in [-0.2, 0) is 11.2 Å². The van der Waals surface area contributed by atoms with Gasteiger partial charge in [-0.1, -0.05) is 30.7 Å². The van der Waals surface area contributed by atoms with Crippen molar-refractivity contribution in [2.24, 2.45) is 0 Å². The smallest absolute Gasteiger partial charge is 0.224 e. The molecule has 1 aromatic carbocycles. The number of nitrogens with one attached hydrogen (secondary N) is 2. The maximum absolute atomic E-state index is 11.4. The quantitative estimate of drug-likeness (QED) is 0.894. The third-order valence-corrected chi connectivity index (χ3v) is 4.94. The van der Waals surface area contributed by atoms with Gasteiger partial charge in [-0.15, -0.1) is 11.3 Å². The third-order valence-electron chi connectivity index (χ3n) is 3.64. The largest absolute Gasteiger partial charge is 0.326 e. The van der Waals surface area contributed by atoms with Crippen LogP contribution in [0.4, 0.5) is 5.69 Å². The van der Waals surface area contributed by atoms with E-state index in [1.54, 1.807) is 11.3 Å². The number of benzene rings is 1. The van der Waals surface area contributed by atoms with Gasteiger partial charge in [-0.05, 0) is 42.3 Å². The van der Waals surface area contributed by atoms with E-state index >= 15 is 0 Å². The molecular weight excluding hydrogens is 304 g/mol. The van der Waals surface area contributed by atoms with Gasteiger partial charge in [0.2, 0.25) is 5.91 Å². The van der Waals surface area contributed by atoms with E-state index in [1.807, 2.05) is 12.1 Å². The van der Waals surface area contributed by atoms with E-state index in [1.165, 1.54) is 16.0 Å². The van der Waals surface area contributed by atoms with Crippen molar-refractivity contribution in [2.75, 3.05) is 11.9 Å². The number of fused-ring (bicyclic) bond motifs is 1. The molecule has 1 unspecified atom stereocenters. The maximum Gasteiger partial charge on any atom is 0.224 e. The first kappa shape index (κ1) is 14.6. The van der Waals surface area contributed by atoms with Gasteiger partial charge in [-0.25, -0.2) is 0 Å². The van der Waals surface area contributed by atoms with Crippen molar-refractivity contribution in [3.63, 3.8) is 0 Å². The number of rotatable bonds is 4. The predicted molar refractivity (Wildman–Crippen MR) is 88.2 cm³/mol. The Hall–Kier alpha value is -1.36. The molecule has 1 atom stereocenters. The van der Waals surface area contributed by atoms with Crippen molar-refractivity contribution in [3.05, 3.63) is 50.7 Å². The molecule has 1 aliphatic heterocycles. The Morgan fingerprint density at radius 1 is 1.33 bits per heavy atom. The lowest BCUT2D eigenvalue weighted by atomic mass is 9.96. The maximum atomic E-state index is 11.4. The van der Waals surface area contributed by atoms with Crippen LogP contribution in [-0.4, -0.2) is 12.5 Å². The highest BCUT2D eigenvalue weighted by Crippen LogP contribution is 2.33. The molecular formula is C16H17ClN2OS. The summed E-state index contributed by atoms with van der Waals surface area (Å²) in [6.45, 7) is 2.98. The second-order valence-corrected chi connectivity index (χ2v) is 6.84. The lowest BCUT2D eigenvalue weighted by molar-refractivity contribution is -0.116. The SMILES string of the molecule is CCNC(c1ccc2c(c1)CCC(=O)N2)c1ccc(Cl)s1. The van der Waals surface area contributed by atoms with E-state index in [4.69, 9.17) is 11.6 Å². The third kappa shape index (κ3) is 3.12. The van der Waals surface area contributed by atoms with E-state index in [-0.39, 0.29) is 11.9 Å². The highest BCUT2D eigenvalue weighted by Gasteiger charge is 2.19. The zero-order valence-corrected chi connectivity index (χ0v) is 13.4. The van der Waals surface area contributed by atoms with Gasteiger partial charge in [0.15, 0.2) is 0 Å². The first-order chi connectivity index (χ1) is 10.2. The van der Waals surface area contributed by atoms with Crippen molar-refractivity contribution < 1.29 is 4.79 Å². The van der Waals surface area contributed by atoms with Crippen molar-refractivity contribution in [3.8, 4) is 0 Å². The molecule has 2 aromatic rings. The summed E-state index contributed by atoms with van der Waals surface area (Å²) in [5.74, 6) is 0.100. The molecule has 2 N–H and O–H groups in total. The van der Waals surface area contributed by atoms with Gasteiger partial charge >= 0.3 is 0 Å². The fraction of sp³-hybridized carbons (Fsp3) is 0.312. The van der Waals surface area contributed by atoms with E-state index in [0.29, 0.717) is 6.42 Å². The highest BCUT2D eigenvalue weighted by molar-refractivity contribution is 7.16. The molecule has 3 rings (SSSR count). The fourth-order valence-corrected chi connectivity index (χ4v) is 3.82. The Morgan fingerprint density at radius 2 is 2.19 bits per heavy atom. The predicted octanol–water partition coefficient (Wildman–Crippen LogP) is 3.99. The van der Waals surface area contributed by atoms with Gasteiger partial charge in [0.05, 0.1) is 10.4 Å². The Labute approximate surface area is 133 Å². The molecule has 1 amide bonds. The van der Waals surface area contributed by atoms with Crippen molar-refractivity contribution in [1.29, 1.82) is 0 Å². The van der Waals surface area contributed by atoms with Crippen molar-refractivity contribution >= 4 is 34.5 Å². The van der Waals surface area contributed by atoms with E-state index in [0.717, 1.165) is 23.0 Å². The molecule has 0 saturated heterocycles. The molecule has 0 saturated carbocycles. The van der Waals surface area contributed by atoms with E-state index in [9.17, 15) is 4.79 Å². The topological polar surface area (TPSA) is 41.1 Å². The summed E-state index contributed by atoms with van der Waals surface area (Å²) < 4.78 is 0.804. The van der Waals surface area contributed by atoms with Gasteiger partial charge in [0, 0.05) is 17.0 Å². The number of thiophene rings is 1. The second-order valence-electron chi connectivity index (χ2n) is 5.10. The van der Waals surface area contributed by atoms with Gasteiger partial charge < -0.3 is 10.6 Å². The summed E-state index contributed by atoms with van der Waals surface area (Å²) in [7, 11) is 0. The number of hydrogen-bond donors (Lipinski definition) is 2. The summed E-state index contributed by atoms with van der Waals surface area (Å²) in [4.78, 5) is 12.6. The standard InChI is InChI=1S/C16H17ClN2OS/c1-2-18-16(13-6-7-14(17)21-13)11-3-5-12-10(9-11)4-8-15(20)19-12/h3,5-7,9,16,18H,2,4,8H2,1H3,(H,19,20). The Morgan fingerprint density at radius 3 is 2.90 bits per heavy atom. The molecule has 110 valence electrons. The summed E-state index contributed by atoms with van der Waals surface area (Å²) in [5.41, 5.74) is 3.36. The van der Waals surface area contributed by atoms with Gasteiger partial charge in [0.25, 0.3) is 0 Å². The number of carbonyl (C=O) groups excluding carboxylic acids is 1. The van der Waals surface area contributed by atoms with Crippen LogP contribution in [0.5, 0.6) is 0 Å². The highest BCUT2D eigenvalue weighted by atomic mass is 35.5. The molecule has 0 bridgehead atoms. The molecule has 2 heterocycles. The van der Waals surface area contributed by atoms with E-state index < -0.39 is 0 Å². The monoisotopic (exact) mass is 320 g/mol. The van der Waals surface area contributed by atoms with Crippen LogP contribution in [0.2, 0.25) is 4.34 Å². The Balaban J connectivity index is 1.94. The number of aryl methyl sites for hydroxylation is 1. The summed E-state index contributed by atoms with van der Waals surface area (Å²) in [5, 5.41) is 6.43. The average molecular weight is 321 g/mol. The molecule has 1 aliphatic rings. The fourth-order valence-electron chi connectivity index (χ4n) is 2.65. The number of halogens is 1. The lowest BCUT2D eigenvalue weighted by Gasteiger charge is -2.21. The molecule has 0 spiro atoms. The molecule has 3 nitrogen and oxygen atoms in total. The number of amides is 1. The molecule has 0 radical (unpaired) electrons. The molecule has 5 heteroatoms. The van der Waals surface area contributed by atoms with Crippen molar-refractivity contribution in [2.45, 2.75) is 25.8 Å². The second kappa shape index (κ2) is 6.18. The minimum atomic E-state index is 0.100. The first-order valence-electron chi connectivity index (χ1n) is 7.08. The van der Waals surface area contributed by atoms with Crippen LogP contribution in [0.1, 0.15) is 35.4 Å². The van der Waals surface area contributed by atoms with Crippen LogP contribution < -0.4 is 10.6 Å². The van der Waals surface area contributed by atoms with Gasteiger partial charge in [0.1, 0.15) is 0 Å². The van der Waals surface area contributed by atoms with Gasteiger partial charge in [-0.2, -0.15) is 0 Å². The zero-order valence-electron chi connectivity index (χ0n) is 11.8. The zero-order chi connectivity index (χ0) is 14.8. The average Bonchev–Trinajstić information content (AvgIpc) is 2.90. The lowest BCUT2D eigenvalue weighted by Crippen LogP contribution is -2.23. The summed E-state index contributed by atoms with van der Waals surface area (Å²) in [6, 6.07) is 10.4. The Bertz CT molecular complexity index is 668. The normalized spacial score (nSPS) is 15.4. The molecule has 0 aliphatic carbocycles. The Kier molecular flexibility index (Phi) is 4.29. The number of hydrogen-bond acceptors (Lipinski definition) is 3. The van der Waals surface area contributed by atoms with E-state index in [2.05, 4.69) is 35.8 Å². The van der Waals surface area contributed by atoms with Gasteiger partial charge in [-0.3, -0.25) is 4.79 Å².